The zero-order valence-corrected chi connectivity index (χ0v) is 17.5. The Kier molecular flexibility index (Phi) is 6.57. The predicted molar refractivity (Wildman–Crippen MR) is 116 cm³/mol. The Morgan fingerprint density at radius 3 is 2.60 bits per heavy atom. The summed E-state index contributed by atoms with van der Waals surface area (Å²) >= 11 is 0. The summed E-state index contributed by atoms with van der Waals surface area (Å²) in [4.78, 5) is 21.4. The Labute approximate surface area is 177 Å². The van der Waals surface area contributed by atoms with E-state index in [2.05, 4.69) is 23.2 Å². The van der Waals surface area contributed by atoms with Crippen molar-refractivity contribution in [2.45, 2.75) is 26.3 Å². The predicted octanol–water partition coefficient (Wildman–Crippen LogP) is 2.99. The molecule has 2 aromatic rings. The Balaban J connectivity index is 1.37. The van der Waals surface area contributed by atoms with Gasteiger partial charge in [0.15, 0.2) is 11.7 Å². The normalized spacial score (nSPS) is 17.2. The van der Waals surface area contributed by atoms with E-state index in [-0.39, 0.29) is 5.91 Å². The molecular formula is C23H30N4O3. The highest BCUT2D eigenvalue weighted by Crippen LogP contribution is 2.30. The molecule has 160 valence electrons. The summed E-state index contributed by atoms with van der Waals surface area (Å²) in [6.07, 6.45) is 4.09. The molecule has 1 aliphatic heterocycles. The molecule has 1 amide bonds. The van der Waals surface area contributed by atoms with E-state index in [0.717, 1.165) is 49.4 Å². The molecule has 30 heavy (non-hydrogen) atoms. The molecule has 7 nitrogen and oxygen atoms in total. The van der Waals surface area contributed by atoms with Crippen molar-refractivity contribution < 1.29 is 13.9 Å². The third-order valence-corrected chi connectivity index (χ3v) is 5.48. The highest BCUT2D eigenvalue weighted by Gasteiger charge is 2.25. The van der Waals surface area contributed by atoms with Crippen LogP contribution in [0.1, 0.15) is 35.9 Å². The number of aliphatic imine (C=N–C) groups is 1. The van der Waals surface area contributed by atoms with Gasteiger partial charge in [-0.2, -0.15) is 0 Å². The summed E-state index contributed by atoms with van der Waals surface area (Å²) < 4.78 is 11.3. The number of rotatable bonds is 7. The number of carbonyl (C=O) groups is 1. The van der Waals surface area contributed by atoms with Gasteiger partial charge in [-0.1, -0.05) is 18.2 Å². The number of carbonyl (C=O) groups excluding carboxylic acids is 1. The molecular weight excluding hydrogens is 380 g/mol. The van der Waals surface area contributed by atoms with Crippen molar-refractivity contribution >= 4 is 11.9 Å². The van der Waals surface area contributed by atoms with E-state index in [0.29, 0.717) is 25.4 Å². The Bertz CT molecular complexity index is 853. The fourth-order valence-corrected chi connectivity index (χ4v) is 3.53. The molecule has 0 atom stereocenters. The molecule has 0 radical (unpaired) electrons. The number of benzene rings is 1. The lowest BCUT2D eigenvalue weighted by molar-refractivity contribution is 0.0657. The van der Waals surface area contributed by atoms with E-state index < -0.39 is 0 Å². The molecule has 1 aromatic carbocycles. The topological polar surface area (TPSA) is 70.3 Å². The van der Waals surface area contributed by atoms with Gasteiger partial charge in [-0.25, -0.2) is 4.99 Å². The largest absolute Gasteiger partial charge is 0.493 e. The minimum atomic E-state index is -0.0525. The van der Waals surface area contributed by atoms with Crippen molar-refractivity contribution in [3.63, 3.8) is 0 Å². The highest BCUT2D eigenvalue weighted by atomic mass is 16.5. The van der Waals surface area contributed by atoms with E-state index in [4.69, 9.17) is 14.1 Å². The first kappa shape index (κ1) is 20.3. The van der Waals surface area contributed by atoms with Gasteiger partial charge in [-0.05, 0) is 43.9 Å². The van der Waals surface area contributed by atoms with Crippen LogP contribution in [-0.4, -0.2) is 61.0 Å². The third kappa shape index (κ3) is 5.14. The Morgan fingerprint density at radius 1 is 1.13 bits per heavy atom. The molecule has 1 saturated carbocycles. The van der Waals surface area contributed by atoms with Crippen LogP contribution >= 0.6 is 0 Å². The van der Waals surface area contributed by atoms with Crippen LogP contribution < -0.4 is 10.1 Å². The number of ether oxygens (including phenoxy) is 1. The van der Waals surface area contributed by atoms with Crippen LogP contribution in [0, 0.1) is 5.92 Å². The van der Waals surface area contributed by atoms with E-state index in [1.54, 1.807) is 12.1 Å². The van der Waals surface area contributed by atoms with Gasteiger partial charge in [0.25, 0.3) is 5.91 Å². The molecule has 4 rings (SSSR count). The van der Waals surface area contributed by atoms with E-state index >= 15 is 0 Å². The SMILES string of the molecule is CCNC(=NCc1ccccc1OCC1CC1)N1CCN(C(=O)c2ccco2)CC1. The first-order chi connectivity index (χ1) is 14.7. The number of amides is 1. The van der Waals surface area contributed by atoms with Crippen LogP contribution in [0.5, 0.6) is 5.75 Å². The molecule has 1 saturated heterocycles. The summed E-state index contributed by atoms with van der Waals surface area (Å²) in [6, 6.07) is 11.6. The van der Waals surface area contributed by atoms with Gasteiger partial charge >= 0.3 is 0 Å². The lowest BCUT2D eigenvalue weighted by Crippen LogP contribution is -2.53. The summed E-state index contributed by atoms with van der Waals surface area (Å²) in [7, 11) is 0. The second-order valence-corrected chi connectivity index (χ2v) is 7.79. The van der Waals surface area contributed by atoms with Crippen LogP contribution in [0.2, 0.25) is 0 Å². The molecule has 2 aliphatic rings. The molecule has 7 heteroatoms. The molecule has 2 fully saturated rings. The number of nitrogens with zero attached hydrogens (tertiary/aromatic N) is 3. The van der Waals surface area contributed by atoms with Gasteiger partial charge in [0.05, 0.1) is 19.4 Å². The third-order valence-electron chi connectivity index (χ3n) is 5.48. The number of piperazine rings is 1. The second-order valence-electron chi connectivity index (χ2n) is 7.79. The number of nitrogens with one attached hydrogen (secondary N) is 1. The minimum absolute atomic E-state index is 0.0525. The first-order valence-corrected chi connectivity index (χ1v) is 10.8. The van der Waals surface area contributed by atoms with Gasteiger partial charge in [0.1, 0.15) is 5.75 Å². The summed E-state index contributed by atoms with van der Waals surface area (Å²) in [6.45, 7) is 6.98. The molecule has 0 spiro atoms. The number of para-hydroxylation sites is 1. The quantitative estimate of drug-likeness (QED) is 0.561. The smallest absolute Gasteiger partial charge is 0.289 e. The van der Waals surface area contributed by atoms with E-state index in [9.17, 15) is 4.79 Å². The van der Waals surface area contributed by atoms with Crippen molar-refractivity contribution in [1.29, 1.82) is 0 Å². The summed E-state index contributed by atoms with van der Waals surface area (Å²) in [5, 5.41) is 3.39. The Hall–Kier alpha value is -2.96. The van der Waals surface area contributed by atoms with Crippen molar-refractivity contribution in [1.82, 2.24) is 15.1 Å². The maximum Gasteiger partial charge on any atom is 0.289 e. The van der Waals surface area contributed by atoms with Gasteiger partial charge in [-0.15, -0.1) is 0 Å². The average molecular weight is 411 g/mol. The van der Waals surface area contributed by atoms with Gasteiger partial charge in [-0.3, -0.25) is 4.79 Å². The van der Waals surface area contributed by atoms with Crippen molar-refractivity contribution in [2.24, 2.45) is 10.9 Å². The van der Waals surface area contributed by atoms with Crippen LogP contribution in [0.25, 0.3) is 0 Å². The number of hydrogen-bond donors (Lipinski definition) is 1. The highest BCUT2D eigenvalue weighted by molar-refractivity contribution is 5.91. The fraction of sp³-hybridized carbons (Fsp3) is 0.478. The molecule has 2 heterocycles. The number of guanidine groups is 1. The standard InChI is InChI=1S/C23H30N4O3/c1-2-24-23(25-16-19-6-3-4-7-20(19)30-17-18-9-10-18)27-13-11-26(12-14-27)22(28)21-8-5-15-29-21/h3-8,15,18H,2,9-14,16-17H2,1H3,(H,24,25). The number of hydrogen-bond acceptors (Lipinski definition) is 4. The minimum Gasteiger partial charge on any atom is -0.493 e. The first-order valence-electron chi connectivity index (χ1n) is 10.8. The summed E-state index contributed by atoms with van der Waals surface area (Å²) in [5.74, 6) is 2.87. The van der Waals surface area contributed by atoms with Gasteiger partial charge < -0.3 is 24.3 Å². The molecule has 0 bridgehead atoms. The maximum atomic E-state index is 12.5. The number of furan rings is 1. The molecule has 1 aromatic heterocycles. The van der Waals surface area contributed by atoms with Gasteiger partial charge in [0.2, 0.25) is 0 Å². The molecule has 1 aliphatic carbocycles. The van der Waals surface area contributed by atoms with Crippen molar-refractivity contribution in [3.05, 3.63) is 54.0 Å². The van der Waals surface area contributed by atoms with E-state index in [1.165, 1.54) is 19.1 Å². The van der Waals surface area contributed by atoms with Gasteiger partial charge in [0, 0.05) is 38.3 Å². The van der Waals surface area contributed by atoms with Crippen molar-refractivity contribution in [3.8, 4) is 5.75 Å². The monoisotopic (exact) mass is 410 g/mol. The molecule has 1 N–H and O–H groups in total. The van der Waals surface area contributed by atoms with Crippen LogP contribution in [0.4, 0.5) is 0 Å². The second kappa shape index (κ2) is 9.69. The van der Waals surface area contributed by atoms with E-state index in [1.807, 2.05) is 23.1 Å². The zero-order valence-electron chi connectivity index (χ0n) is 17.5. The lowest BCUT2D eigenvalue weighted by Gasteiger charge is -2.36. The lowest BCUT2D eigenvalue weighted by atomic mass is 10.2. The average Bonchev–Trinajstić information content (AvgIpc) is 3.46. The van der Waals surface area contributed by atoms with Crippen LogP contribution in [0.3, 0.4) is 0 Å². The zero-order chi connectivity index (χ0) is 20.8. The maximum absolute atomic E-state index is 12.5. The Morgan fingerprint density at radius 2 is 1.90 bits per heavy atom. The summed E-state index contributed by atoms with van der Waals surface area (Å²) in [5.41, 5.74) is 1.10. The fourth-order valence-electron chi connectivity index (χ4n) is 3.53. The van der Waals surface area contributed by atoms with Crippen LogP contribution in [-0.2, 0) is 6.54 Å². The van der Waals surface area contributed by atoms with Crippen molar-refractivity contribution in [2.75, 3.05) is 39.3 Å². The molecule has 0 unspecified atom stereocenters. The van der Waals surface area contributed by atoms with Crippen LogP contribution in [0.15, 0.2) is 52.1 Å².